The predicted octanol–water partition coefficient (Wildman–Crippen LogP) is 4.46. The average molecular weight is 557 g/mol. The maximum absolute atomic E-state index is 11.2. The number of hydrogen-bond acceptors (Lipinski definition) is 8. The molecular weight excluding hydrogens is 520 g/mol. The SMILES string of the molecule is COC(=O)C1CCNCC1.Cc1cccc(-c2[nH]cnc2-c2ccc3ncc(N4CCC(C(=O)O)CC4)cc3c2)n1. The first-order chi connectivity index (χ1) is 19.9. The third-order valence-electron chi connectivity index (χ3n) is 7.81. The number of aromatic amines is 1. The number of aliphatic carboxylic acids is 1. The molecule has 2 fully saturated rings. The molecule has 41 heavy (non-hydrogen) atoms. The second-order valence-electron chi connectivity index (χ2n) is 10.5. The summed E-state index contributed by atoms with van der Waals surface area (Å²) in [5.74, 6) is -0.851. The Morgan fingerprint density at radius 1 is 1.00 bits per heavy atom. The van der Waals surface area contributed by atoms with Gasteiger partial charge in [-0.25, -0.2) is 4.98 Å². The first-order valence-corrected chi connectivity index (χ1v) is 14.1. The fraction of sp³-hybridized carbons (Fsp3) is 0.387. The van der Waals surface area contributed by atoms with E-state index in [0.29, 0.717) is 12.8 Å². The lowest BCUT2D eigenvalue weighted by atomic mass is 9.97. The molecule has 0 atom stereocenters. The molecule has 4 aromatic rings. The number of pyridine rings is 2. The first-order valence-electron chi connectivity index (χ1n) is 14.1. The Morgan fingerprint density at radius 2 is 1.78 bits per heavy atom. The predicted molar refractivity (Wildman–Crippen MR) is 157 cm³/mol. The molecule has 0 bridgehead atoms. The third-order valence-corrected chi connectivity index (χ3v) is 7.81. The number of fused-ring (bicyclic) bond motifs is 1. The molecule has 0 aliphatic carbocycles. The Kier molecular flexibility index (Phi) is 8.88. The van der Waals surface area contributed by atoms with E-state index in [-0.39, 0.29) is 17.8 Å². The molecule has 2 saturated heterocycles. The van der Waals surface area contributed by atoms with Crippen LogP contribution in [0.25, 0.3) is 33.5 Å². The molecule has 0 amide bonds. The molecule has 0 unspecified atom stereocenters. The van der Waals surface area contributed by atoms with Crippen molar-refractivity contribution in [2.45, 2.75) is 32.6 Å². The van der Waals surface area contributed by atoms with Crippen LogP contribution in [0.5, 0.6) is 0 Å². The van der Waals surface area contributed by atoms with Gasteiger partial charge in [-0.2, -0.15) is 0 Å². The summed E-state index contributed by atoms with van der Waals surface area (Å²) in [6.07, 6.45) is 6.74. The van der Waals surface area contributed by atoms with Gasteiger partial charge in [0.2, 0.25) is 0 Å². The minimum Gasteiger partial charge on any atom is -0.481 e. The molecule has 2 aliphatic heterocycles. The number of esters is 1. The maximum Gasteiger partial charge on any atom is 0.308 e. The minimum absolute atomic E-state index is 0.0542. The summed E-state index contributed by atoms with van der Waals surface area (Å²) in [5, 5.41) is 13.4. The smallest absolute Gasteiger partial charge is 0.308 e. The number of carboxylic acids is 1. The summed E-state index contributed by atoms with van der Waals surface area (Å²) in [5.41, 5.74) is 6.50. The number of H-pyrrole nitrogens is 1. The van der Waals surface area contributed by atoms with Crippen LogP contribution in [-0.4, -0.2) is 70.3 Å². The van der Waals surface area contributed by atoms with Gasteiger partial charge < -0.3 is 25.0 Å². The second-order valence-corrected chi connectivity index (χ2v) is 10.5. The van der Waals surface area contributed by atoms with Crippen LogP contribution in [-0.2, 0) is 14.3 Å². The van der Waals surface area contributed by atoms with Gasteiger partial charge in [-0.15, -0.1) is 0 Å². The Labute approximate surface area is 239 Å². The number of ether oxygens (including phenoxy) is 1. The number of imidazole rings is 1. The van der Waals surface area contributed by atoms with Crippen molar-refractivity contribution in [3.63, 3.8) is 0 Å². The molecule has 5 heterocycles. The minimum atomic E-state index is -0.696. The highest BCUT2D eigenvalue weighted by Gasteiger charge is 2.25. The van der Waals surface area contributed by atoms with Crippen LogP contribution in [0.1, 0.15) is 31.4 Å². The highest BCUT2D eigenvalue weighted by molar-refractivity contribution is 5.88. The fourth-order valence-corrected chi connectivity index (χ4v) is 5.44. The van der Waals surface area contributed by atoms with E-state index in [4.69, 9.17) is 0 Å². The number of aromatic nitrogens is 4. The van der Waals surface area contributed by atoms with Crippen molar-refractivity contribution in [3.05, 3.63) is 60.7 Å². The summed E-state index contributed by atoms with van der Waals surface area (Å²) < 4.78 is 4.62. The van der Waals surface area contributed by atoms with Gasteiger partial charge in [0.25, 0.3) is 0 Å². The Bertz CT molecular complexity index is 1510. The van der Waals surface area contributed by atoms with E-state index in [0.717, 1.165) is 84.0 Å². The normalized spacial score (nSPS) is 16.2. The number of carboxylic acid groups (broad SMARTS) is 1. The molecule has 0 radical (unpaired) electrons. The van der Waals surface area contributed by atoms with E-state index in [1.807, 2.05) is 43.5 Å². The Morgan fingerprint density at radius 3 is 2.49 bits per heavy atom. The van der Waals surface area contributed by atoms with Crippen LogP contribution in [0.4, 0.5) is 5.69 Å². The number of carbonyl (C=O) groups excluding carboxylic acids is 1. The number of carbonyl (C=O) groups is 2. The molecular formula is C31H36N6O4. The molecule has 2 aliphatic rings. The Balaban J connectivity index is 0.000000287. The quantitative estimate of drug-likeness (QED) is 0.305. The van der Waals surface area contributed by atoms with Crippen molar-refractivity contribution >= 4 is 28.5 Å². The van der Waals surface area contributed by atoms with Crippen LogP contribution in [0.15, 0.2) is 55.0 Å². The van der Waals surface area contributed by atoms with Crippen LogP contribution < -0.4 is 10.2 Å². The van der Waals surface area contributed by atoms with E-state index in [1.54, 1.807) is 6.33 Å². The molecule has 0 spiro atoms. The van der Waals surface area contributed by atoms with Gasteiger partial charge in [-0.3, -0.25) is 19.6 Å². The number of anilines is 1. The lowest BCUT2D eigenvalue weighted by Gasteiger charge is -2.31. The van der Waals surface area contributed by atoms with Crippen LogP contribution in [0.3, 0.4) is 0 Å². The largest absolute Gasteiger partial charge is 0.481 e. The van der Waals surface area contributed by atoms with E-state index >= 15 is 0 Å². The standard InChI is InChI=1S/C24H23N5O2.C7H13NO2/c1-15-3-2-4-21(28-15)23-22(26-14-27-23)17-5-6-20-18(11-17)12-19(13-25-20)29-9-7-16(8-10-29)24(30)31;1-10-7(9)6-2-4-8-5-3-6/h2-6,11-14,16H,7-10H2,1H3,(H,26,27)(H,30,31);6,8H,2-5H2,1H3. The van der Waals surface area contributed by atoms with Gasteiger partial charge in [0.05, 0.1) is 59.8 Å². The summed E-state index contributed by atoms with van der Waals surface area (Å²) in [4.78, 5) is 41.4. The van der Waals surface area contributed by atoms with Crippen LogP contribution in [0, 0.1) is 18.8 Å². The van der Waals surface area contributed by atoms with Crippen LogP contribution >= 0.6 is 0 Å². The number of piperidine rings is 2. The van der Waals surface area contributed by atoms with Gasteiger partial charge in [0.15, 0.2) is 0 Å². The molecule has 10 heteroatoms. The average Bonchev–Trinajstić information content (AvgIpc) is 3.51. The van der Waals surface area contributed by atoms with E-state index in [9.17, 15) is 14.7 Å². The van der Waals surface area contributed by atoms with Gasteiger partial charge in [0.1, 0.15) is 0 Å². The van der Waals surface area contributed by atoms with Gasteiger partial charge in [0, 0.05) is 29.7 Å². The molecule has 6 rings (SSSR count). The summed E-state index contributed by atoms with van der Waals surface area (Å²) in [7, 11) is 1.45. The number of nitrogens with one attached hydrogen (secondary N) is 2. The summed E-state index contributed by atoms with van der Waals surface area (Å²) in [6.45, 7) is 5.32. The van der Waals surface area contributed by atoms with Gasteiger partial charge in [-0.05, 0) is 76.0 Å². The second kappa shape index (κ2) is 12.9. The third kappa shape index (κ3) is 6.71. The molecule has 10 nitrogen and oxygen atoms in total. The van der Waals surface area contributed by atoms with Crippen molar-refractivity contribution in [3.8, 4) is 22.6 Å². The zero-order valence-corrected chi connectivity index (χ0v) is 23.5. The zero-order chi connectivity index (χ0) is 28.8. The van der Waals surface area contributed by atoms with Crippen molar-refractivity contribution < 1.29 is 19.4 Å². The first kappa shape index (κ1) is 28.2. The number of nitrogens with zero attached hydrogens (tertiary/aromatic N) is 4. The number of aryl methyl sites for hydroxylation is 1. The van der Waals surface area contributed by atoms with Crippen molar-refractivity contribution in [2.75, 3.05) is 38.2 Å². The van der Waals surface area contributed by atoms with Crippen molar-refractivity contribution in [1.82, 2.24) is 25.3 Å². The zero-order valence-electron chi connectivity index (χ0n) is 23.5. The number of benzene rings is 1. The maximum atomic E-state index is 11.2. The van der Waals surface area contributed by atoms with Crippen molar-refractivity contribution in [1.29, 1.82) is 0 Å². The van der Waals surface area contributed by atoms with Gasteiger partial charge >= 0.3 is 11.9 Å². The highest BCUT2D eigenvalue weighted by Crippen LogP contribution is 2.31. The fourth-order valence-electron chi connectivity index (χ4n) is 5.44. The molecule has 0 saturated carbocycles. The van der Waals surface area contributed by atoms with E-state index < -0.39 is 5.97 Å². The lowest BCUT2D eigenvalue weighted by Crippen LogP contribution is -2.36. The number of methoxy groups -OCH3 is 1. The number of hydrogen-bond donors (Lipinski definition) is 3. The van der Waals surface area contributed by atoms with E-state index in [1.165, 1.54) is 7.11 Å². The number of rotatable bonds is 5. The van der Waals surface area contributed by atoms with Gasteiger partial charge in [-0.1, -0.05) is 12.1 Å². The molecule has 214 valence electrons. The molecule has 3 aromatic heterocycles. The van der Waals surface area contributed by atoms with E-state index in [2.05, 4.69) is 47.0 Å². The molecule has 3 N–H and O–H groups in total. The monoisotopic (exact) mass is 556 g/mol. The lowest BCUT2D eigenvalue weighted by molar-refractivity contribution is -0.146. The highest BCUT2D eigenvalue weighted by atomic mass is 16.5. The van der Waals surface area contributed by atoms with Crippen molar-refractivity contribution in [2.24, 2.45) is 11.8 Å². The Hall–Kier alpha value is -4.31. The summed E-state index contributed by atoms with van der Waals surface area (Å²) >= 11 is 0. The summed E-state index contributed by atoms with van der Waals surface area (Å²) in [6, 6.07) is 14.2. The van der Waals surface area contributed by atoms with Crippen LogP contribution in [0.2, 0.25) is 0 Å². The molecule has 1 aromatic carbocycles. The topological polar surface area (TPSA) is 133 Å².